The highest BCUT2D eigenvalue weighted by Gasteiger charge is 2.46. The third-order valence-electron chi connectivity index (χ3n) is 14.0. The normalized spacial score (nSPS) is 12.6. The summed E-state index contributed by atoms with van der Waals surface area (Å²) in [6, 6.07) is 94.9. The van der Waals surface area contributed by atoms with Gasteiger partial charge in [0.05, 0.1) is 16.5 Å². The second kappa shape index (κ2) is 15.8. The smallest absolute Gasteiger partial charge is 0.145 e. The zero-order chi connectivity index (χ0) is 44.3. The Kier molecular flexibility index (Phi) is 9.11. The van der Waals surface area contributed by atoms with Gasteiger partial charge in [-0.2, -0.15) is 0 Å². The second-order valence-electron chi connectivity index (χ2n) is 17.5. The van der Waals surface area contributed by atoms with Crippen LogP contribution in [0.3, 0.4) is 0 Å². The summed E-state index contributed by atoms with van der Waals surface area (Å²) in [5.41, 5.74) is 19.0. The number of nitrogens with zero attached hydrogens (tertiary/aromatic N) is 1. The summed E-state index contributed by atoms with van der Waals surface area (Å²) in [4.78, 5) is 2.39. The molecule has 11 aromatic carbocycles. The molecular formula is C65H43NO. The van der Waals surface area contributed by atoms with Crippen LogP contribution in [-0.2, 0) is 5.41 Å². The Morgan fingerprint density at radius 1 is 0.328 bits per heavy atom. The summed E-state index contributed by atoms with van der Waals surface area (Å²) < 4.78 is 6.81. The van der Waals surface area contributed by atoms with E-state index in [0.717, 1.165) is 55.7 Å². The van der Waals surface area contributed by atoms with E-state index >= 15 is 0 Å². The maximum absolute atomic E-state index is 6.81. The minimum Gasteiger partial charge on any atom is -0.455 e. The van der Waals surface area contributed by atoms with Crippen molar-refractivity contribution in [2.45, 2.75) is 5.41 Å². The Labute approximate surface area is 390 Å². The summed E-state index contributed by atoms with van der Waals surface area (Å²) in [6.45, 7) is 0. The van der Waals surface area contributed by atoms with Crippen LogP contribution in [0, 0.1) is 0 Å². The molecule has 314 valence electrons. The third kappa shape index (κ3) is 6.18. The fourth-order valence-electron chi connectivity index (χ4n) is 11.0. The van der Waals surface area contributed by atoms with Crippen LogP contribution in [-0.4, -0.2) is 0 Å². The predicted octanol–water partition coefficient (Wildman–Crippen LogP) is 17.6. The van der Waals surface area contributed by atoms with E-state index in [-0.39, 0.29) is 0 Å². The Hall–Kier alpha value is -8.72. The minimum atomic E-state index is -0.468. The molecule has 0 amide bonds. The molecule has 0 bridgehead atoms. The number of benzene rings is 11. The highest BCUT2D eigenvalue weighted by atomic mass is 16.3. The summed E-state index contributed by atoms with van der Waals surface area (Å²) in [6.07, 6.45) is 0. The lowest BCUT2D eigenvalue weighted by Gasteiger charge is -2.34. The van der Waals surface area contributed by atoms with Crippen molar-refractivity contribution in [1.82, 2.24) is 0 Å². The van der Waals surface area contributed by atoms with Gasteiger partial charge >= 0.3 is 0 Å². The van der Waals surface area contributed by atoms with E-state index in [4.69, 9.17) is 4.42 Å². The van der Waals surface area contributed by atoms with Gasteiger partial charge in [0.15, 0.2) is 0 Å². The average molecular weight is 854 g/mol. The Balaban J connectivity index is 0.978. The van der Waals surface area contributed by atoms with Gasteiger partial charge in [-0.3, -0.25) is 0 Å². The highest BCUT2D eigenvalue weighted by Crippen LogP contribution is 2.57. The Bertz CT molecular complexity index is 3730. The first-order valence-corrected chi connectivity index (χ1v) is 23.1. The van der Waals surface area contributed by atoms with Crippen LogP contribution in [0.15, 0.2) is 265 Å². The molecule has 1 heterocycles. The number of hydrogen-bond acceptors (Lipinski definition) is 2. The molecule has 0 saturated heterocycles. The fourth-order valence-corrected chi connectivity index (χ4v) is 11.0. The van der Waals surface area contributed by atoms with Crippen molar-refractivity contribution in [2.24, 2.45) is 0 Å². The molecule has 1 aliphatic carbocycles. The van der Waals surface area contributed by atoms with E-state index in [2.05, 4.69) is 266 Å². The van der Waals surface area contributed by atoms with Gasteiger partial charge in [0, 0.05) is 22.3 Å². The molecule has 0 unspecified atom stereocenters. The summed E-state index contributed by atoms with van der Waals surface area (Å²) in [7, 11) is 0. The van der Waals surface area contributed by atoms with Crippen molar-refractivity contribution in [3.8, 4) is 44.5 Å². The maximum Gasteiger partial charge on any atom is 0.145 e. The Morgan fingerprint density at radius 3 is 1.58 bits per heavy atom. The van der Waals surface area contributed by atoms with Crippen LogP contribution in [0.25, 0.3) is 77.2 Å². The van der Waals surface area contributed by atoms with Crippen LogP contribution in [0.5, 0.6) is 0 Å². The van der Waals surface area contributed by atoms with Crippen molar-refractivity contribution in [3.63, 3.8) is 0 Å². The van der Waals surface area contributed by atoms with E-state index in [9.17, 15) is 0 Å². The van der Waals surface area contributed by atoms with E-state index < -0.39 is 5.41 Å². The molecule has 12 aromatic rings. The van der Waals surface area contributed by atoms with E-state index in [1.165, 1.54) is 60.8 Å². The largest absolute Gasteiger partial charge is 0.455 e. The molecule has 2 heteroatoms. The number of rotatable bonds is 8. The maximum atomic E-state index is 6.81. The van der Waals surface area contributed by atoms with Crippen LogP contribution in [0.1, 0.15) is 22.3 Å². The molecule has 0 spiro atoms. The van der Waals surface area contributed by atoms with Crippen molar-refractivity contribution in [2.75, 3.05) is 4.90 Å². The first kappa shape index (κ1) is 38.7. The monoisotopic (exact) mass is 853 g/mol. The molecule has 2 nitrogen and oxygen atoms in total. The third-order valence-corrected chi connectivity index (χ3v) is 14.0. The van der Waals surface area contributed by atoms with Gasteiger partial charge in [-0.1, -0.05) is 212 Å². The van der Waals surface area contributed by atoms with Gasteiger partial charge in [0.1, 0.15) is 11.2 Å². The van der Waals surface area contributed by atoms with E-state index in [1.54, 1.807) is 0 Å². The molecule has 0 fully saturated rings. The highest BCUT2D eigenvalue weighted by molar-refractivity contribution is 6.17. The van der Waals surface area contributed by atoms with E-state index in [0.29, 0.717) is 0 Å². The fraction of sp³-hybridized carbons (Fsp3) is 0.0154. The molecular weight excluding hydrogens is 811 g/mol. The molecule has 13 rings (SSSR count). The summed E-state index contributed by atoms with van der Waals surface area (Å²) in [5, 5.41) is 4.64. The average Bonchev–Trinajstić information content (AvgIpc) is 3.94. The lowest BCUT2D eigenvalue weighted by molar-refractivity contribution is 0.670. The standard InChI is InChI=1S/C65H43NO/c1-4-17-46(18-5-1)55-41-42-61(63-58-27-13-15-30-62(58)67-64(55)63)66(52-38-33-47(34-39-52)54-28-16-20-45-19-10-11-25-53(45)54)51-36-31-44(32-37-51)48-35-40-57-56-26-12-14-29-59(56)65(60(57)43-48,49-21-6-2-7-22-49)50-23-8-3-9-24-50/h1-43H. The van der Waals surface area contributed by atoms with Gasteiger partial charge in [0.2, 0.25) is 0 Å². The molecule has 0 atom stereocenters. The van der Waals surface area contributed by atoms with Gasteiger partial charge < -0.3 is 9.32 Å². The van der Waals surface area contributed by atoms with Crippen molar-refractivity contribution in [1.29, 1.82) is 0 Å². The van der Waals surface area contributed by atoms with Crippen molar-refractivity contribution in [3.05, 3.63) is 283 Å². The topological polar surface area (TPSA) is 16.4 Å². The van der Waals surface area contributed by atoms with Gasteiger partial charge in [0.25, 0.3) is 0 Å². The Morgan fingerprint density at radius 2 is 0.851 bits per heavy atom. The minimum absolute atomic E-state index is 0.468. The van der Waals surface area contributed by atoms with Crippen molar-refractivity contribution < 1.29 is 4.42 Å². The molecule has 1 aromatic heterocycles. The zero-order valence-electron chi connectivity index (χ0n) is 36.7. The SMILES string of the molecule is c1ccc(-c2ccc(N(c3ccc(-c4ccc5c(c4)C(c4ccccc4)(c4ccccc4)c4ccccc4-5)cc3)c3ccc(-c4cccc5ccccc45)cc3)c3c2oc2ccccc23)cc1. The first-order valence-electron chi connectivity index (χ1n) is 23.1. The van der Waals surface area contributed by atoms with Gasteiger partial charge in [-0.15, -0.1) is 0 Å². The molecule has 0 saturated carbocycles. The van der Waals surface area contributed by atoms with Crippen LogP contribution < -0.4 is 4.90 Å². The van der Waals surface area contributed by atoms with Crippen LogP contribution in [0.4, 0.5) is 17.1 Å². The molecule has 67 heavy (non-hydrogen) atoms. The molecule has 0 radical (unpaired) electrons. The molecule has 0 aliphatic heterocycles. The zero-order valence-corrected chi connectivity index (χ0v) is 36.7. The quantitative estimate of drug-likeness (QED) is 0.151. The second-order valence-corrected chi connectivity index (χ2v) is 17.5. The summed E-state index contributed by atoms with van der Waals surface area (Å²) in [5.74, 6) is 0. The summed E-state index contributed by atoms with van der Waals surface area (Å²) >= 11 is 0. The van der Waals surface area contributed by atoms with Gasteiger partial charge in [-0.25, -0.2) is 0 Å². The van der Waals surface area contributed by atoms with Gasteiger partial charge in [-0.05, 0) is 121 Å². The lowest BCUT2D eigenvalue weighted by Crippen LogP contribution is -2.28. The number of anilines is 3. The number of para-hydroxylation sites is 1. The first-order chi connectivity index (χ1) is 33.2. The van der Waals surface area contributed by atoms with E-state index in [1.807, 2.05) is 0 Å². The molecule has 0 N–H and O–H groups in total. The van der Waals surface area contributed by atoms with Crippen molar-refractivity contribution >= 4 is 49.8 Å². The lowest BCUT2D eigenvalue weighted by atomic mass is 9.67. The van der Waals surface area contributed by atoms with Crippen LogP contribution in [0.2, 0.25) is 0 Å². The molecule has 1 aliphatic rings. The number of hydrogen-bond donors (Lipinski definition) is 0. The number of fused-ring (bicyclic) bond motifs is 7. The number of furan rings is 1. The predicted molar refractivity (Wildman–Crippen MR) is 280 cm³/mol. The van der Waals surface area contributed by atoms with Crippen LogP contribution >= 0.6 is 0 Å².